The van der Waals surface area contributed by atoms with Crippen molar-refractivity contribution in [3.63, 3.8) is 0 Å². The van der Waals surface area contributed by atoms with E-state index in [0.717, 1.165) is 5.69 Å². The van der Waals surface area contributed by atoms with E-state index in [1.807, 2.05) is 13.0 Å². The molecule has 42 valence electrons. The first kappa shape index (κ1) is 9.76. The molecule has 0 saturated heterocycles. The molecule has 0 aromatic carbocycles. The second-order valence-corrected chi connectivity index (χ2v) is 1.62. The van der Waals surface area contributed by atoms with E-state index >= 15 is 0 Å². The van der Waals surface area contributed by atoms with Crippen molar-refractivity contribution in [3.05, 3.63) is 23.9 Å². The summed E-state index contributed by atoms with van der Waals surface area (Å²) in [5.74, 6) is 0.463. The largest absolute Gasteiger partial charge is 1.00 e. The summed E-state index contributed by atoms with van der Waals surface area (Å²) in [6, 6.07) is 6.36. The quantitative estimate of drug-likeness (QED) is 0.473. The van der Waals surface area contributed by atoms with Crippen LogP contribution in [0.25, 0.3) is 0 Å². The van der Waals surface area contributed by atoms with Crippen LogP contribution in [0, 0.1) is 13.0 Å². The molecular formula is C6H7N2Rb. The van der Waals surface area contributed by atoms with Gasteiger partial charge >= 0.3 is 58.2 Å². The average Bonchev–Trinajstić information content (AvgIpc) is 1.64. The van der Waals surface area contributed by atoms with Crippen molar-refractivity contribution < 1.29 is 58.2 Å². The summed E-state index contributed by atoms with van der Waals surface area (Å²) in [7, 11) is 0. The standard InChI is InChI=1S/C6H7N2.Rb/c1-5-3-2-4-6(7)8-5;/h2-3H,1H3,(H2,7,8);/q-1;+1. The third-order valence-electron chi connectivity index (χ3n) is 0.853. The maximum absolute atomic E-state index is 5.29. The number of nitrogen functional groups attached to an aromatic ring is 1. The van der Waals surface area contributed by atoms with Gasteiger partial charge in [0.1, 0.15) is 0 Å². The van der Waals surface area contributed by atoms with Crippen molar-refractivity contribution in [2.24, 2.45) is 0 Å². The predicted molar refractivity (Wildman–Crippen MR) is 32.2 cm³/mol. The Hall–Kier alpha value is 0.755. The number of anilines is 1. The van der Waals surface area contributed by atoms with E-state index in [0.29, 0.717) is 5.82 Å². The Morgan fingerprint density at radius 2 is 2.33 bits per heavy atom. The van der Waals surface area contributed by atoms with Gasteiger partial charge in [-0.2, -0.15) is 6.07 Å². The minimum atomic E-state index is 0. The number of hydrogen-bond donors (Lipinski definition) is 1. The van der Waals surface area contributed by atoms with Crippen molar-refractivity contribution in [3.8, 4) is 0 Å². The summed E-state index contributed by atoms with van der Waals surface area (Å²) in [5.41, 5.74) is 6.22. The van der Waals surface area contributed by atoms with E-state index in [4.69, 9.17) is 5.73 Å². The Morgan fingerprint density at radius 3 is 2.67 bits per heavy atom. The summed E-state index contributed by atoms with van der Waals surface area (Å²) in [4.78, 5) is 3.90. The first-order valence-corrected chi connectivity index (χ1v) is 2.40. The maximum Gasteiger partial charge on any atom is 1.00 e. The fraction of sp³-hybridized carbons (Fsp3) is 0.167. The van der Waals surface area contributed by atoms with Crippen LogP contribution in [-0.4, -0.2) is 4.98 Å². The van der Waals surface area contributed by atoms with Crippen LogP contribution in [0.4, 0.5) is 5.82 Å². The van der Waals surface area contributed by atoms with Crippen LogP contribution < -0.4 is 63.9 Å². The third-order valence-corrected chi connectivity index (χ3v) is 0.853. The van der Waals surface area contributed by atoms with Crippen LogP contribution in [0.2, 0.25) is 0 Å². The smallest absolute Gasteiger partial charge is 0.399 e. The molecule has 9 heavy (non-hydrogen) atoms. The molecule has 3 heteroatoms. The van der Waals surface area contributed by atoms with Gasteiger partial charge in [0.25, 0.3) is 0 Å². The molecule has 0 aliphatic heterocycles. The maximum atomic E-state index is 5.29. The molecule has 0 unspecified atom stereocenters. The summed E-state index contributed by atoms with van der Waals surface area (Å²) in [6.45, 7) is 1.89. The Bertz CT molecular complexity index is 171. The number of aromatic nitrogens is 1. The van der Waals surface area contributed by atoms with Crippen LogP contribution in [0.15, 0.2) is 12.1 Å². The number of nitrogens with two attached hydrogens (primary N) is 1. The topological polar surface area (TPSA) is 38.9 Å². The Balaban J connectivity index is 0.000000640. The van der Waals surface area contributed by atoms with Crippen molar-refractivity contribution in [2.75, 3.05) is 5.73 Å². The average molecular weight is 193 g/mol. The van der Waals surface area contributed by atoms with E-state index < -0.39 is 0 Å². The molecule has 1 aromatic heterocycles. The number of hydrogen-bond acceptors (Lipinski definition) is 2. The number of nitrogens with zero attached hydrogens (tertiary/aromatic N) is 1. The Kier molecular flexibility index (Phi) is 4.93. The van der Waals surface area contributed by atoms with Crippen molar-refractivity contribution in [2.45, 2.75) is 6.92 Å². The van der Waals surface area contributed by atoms with E-state index in [2.05, 4.69) is 11.1 Å². The second kappa shape index (κ2) is 4.55. The van der Waals surface area contributed by atoms with E-state index in [1.54, 1.807) is 6.07 Å². The van der Waals surface area contributed by atoms with Gasteiger partial charge in [0, 0.05) is 5.82 Å². The van der Waals surface area contributed by atoms with E-state index in [9.17, 15) is 0 Å². The monoisotopic (exact) mass is 192 g/mol. The fourth-order valence-corrected chi connectivity index (χ4v) is 0.507. The Labute approximate surface area is 104 Å². The first-order chi connectivity index (χ1) is 3.79. The molecule has 0 bridgehead atoms. The van der Waals surface area contributed by atoms with Gasteiger partial charge in [0.15, 0.2) is 0 Å². The summed E-state index contributed by atoms with van der Waals surface area (Å²) < 4.78 is 0. The molecule has 0 aliphatic carbocycles. The molecule has 0 radical (unpaired) electrons. The van der Waals surface area contributed by atoms with Gasteiger partial charge in [-0.1, -0.05) is 0 Å². The van der Waals surface area contributed by atoms with Crippen LogP contribution in [0.3, 0.4) is 0 Å². The molecular weight excluding hydrogens is 186 g/mol. The van der Waals surface area contributed by atoms with Gasteiger partial charge in [-0.25, -0.2) is 12.1 Å². The van der Waals surface area contributed by atoms with Gasteiger partial charge in [0.05, 0.1) is 0 Å². The third kappa shape index (κ3) is 3.45. The zero-order valence-electron chi connectivity index (χ0n) is 5.68. The molecule has 0 saturated carbocycles. The zero-order valence-corrected chi connectivity index (χ0v) is 10.6. The SMILES string of the molecule is Cc1cc[c-]c(N)n1.[Rb+]. The summed E-state index contributed by atoms with van der Waals surface area (Å²) >= 11 is 0. The van der Waals surface area contributed by atoms with Crippen LogP contribution in [0.5, 0.6) is 0 Å². The minimum absolute atomic E-state index is 0. The molecule has 1 heterocycles. The number of aryl methyl sites for hydroxylation is 1. The molecule has 0 spiro atoms. The second-order valence-electron chi connectivity index (χ2n) is 1.62. The van der Waals surface area contributed by atoms with E-state index in [1.165, 1.54) is 0 Å². The predicted octanol–water partition coefficient (Wildman–Crippen LogP) is -2.22. The van der Waals surface area contributed by atoms with Crippen LogP contribution in [0.1, 0.15) is 5.69 Å². The summed E-state index contributed by atoms with van der Waals surface area (Å²) in [6.07, 6.45) is 0. The Morgan fingerprint density at radius 1 is 1.67 bits per heavy atom. The van der Waals surface area contributed by atoms with Crippen molar-refractivity contribution >= 4 is 5.82 Å². The van der Waals surface area contributed by atoms with Gasteiger partial charge in [-0.3, -0.25) is 4.98 Å². The zero-order chi connectivity index (χ0) is 5.98. The molecule has 1 rings (SSSR count). The number of rotatable bonds is 0. The minimum Gasteiger partial charge on any atom is -0.399 e. The van der Waals surface area contributed by atoms with Gasteiger partial charge in [-0.15, -0.1) is 0 Å². The molecule has 2 nitrogen and oxygen atoms in total. The van der Waals surface area contributed by atoms with Gasteiger partial charge < -0.3 is 5.73 Å². The first-order valence-electron chi connectivity index (χ1n) is 2.40. The molecule has 1 aromatic rings. The van der Waals surface area contributed by atoms with Gasteiger partial charge in [0.2, 0.25) is 0 Å². The molecule has 0 fully saturated rings. The fourth-order valence-electron chi connectivity index (χ4n) is 0.507. The molecule has 0 aliphatic rings. The summed E-state index contributed by atoms with van der Waals surface area (Å²) in [5, 5.41) is 0. The number of pyridine rings is 1. The normalized spacial score (nSPS) is 8.11. The molecule has 2 N–H and O–H groups in total. The van der Waals surface area contributed by atoms with Gasteiger partial charge in [-0.05, 0) is 12.6 Å². The molecule has 0 atom stereocenters. The van der Waals surface area contributed by atoms with Crippen LogP contribution >= 0.6 is 0 Å². The van der Waals surface area contributed by atoms with Crippen molar-refractivity contribution in [1.82, 2.24) is 4.98 Å². The van der Waals surface area contributed by atoms with Crippen LogP contribution in [-0.2, 0) is 0 Å². The van der Waals surface area contributed by atoms with E-state index in [-0.39, 0.29) is 58.2 Å². The van der Waals surface area contributed by atoms with Crippen molar-refractivity contribution in [1.29, 1.82) is 0 Å². The molecule has 0 amide bonds.